The van der Waals surface area contributed by atoms with Crippen molar-refractivity contribution in [3.05, 3.63) is 105 Å². The van der Waals surface area contributed by atoms with Crippen LogP contribution in [0.2, 0.25) is 0 Å². The number of benzene rings is 2. The Morgan fingerprint density at radius 2 is 1.65 bits per heavy atom. The van der Waals surface area contributed by atoms with E-state index in [2.05, 4.69) is 0 Å². The van der Waals surface area contributed by atoms with Gasteiger partial charge in [-0.3, -0.25) is 10.1 Å². The molecule has 2 N–H and O–H groups in total. The van der Waals surface area contributed by atoms with Crippen molar-refractivity contribution in [2.75, 3.05) is 5.73 Å². The molecule has 0 saturated carbocycles. The van der Waals surface area contributed by atoms with E-state index in [-0.39, 0.29) is 31.7 Å². The third-order valence-corrected chi connectivity index (χ3v) is 6.33. The lowest BCUT2D eigenvalue weighted by atomic mass is 9.83. The summed E-state index contributed by atoms with van der Waals surface area (Å²) in [5.41, 5.74) is 5.08. The molecule has 0 aliphatic carbocycles. The summed E-state index contributed by atoms with van der Waals surface area (Å²) in [6, 6.07) is 15.8. The van der Waals surface area contributed by atoms with E-state index in [1.807, 2.05) is 6.07 Å². The number of thiazole rings is 1. The van der Waals surface area contributed by atoms with Crippen LogP contribution in [-0.4, -0.2) is 14.4 Å². The van der Waals surface area contributed by atoms with Gasteiger partial charge in [0, 0.05) is 11.8 Å². The maximum atomic E-state index is 13.2. The molecular formula is C22H12N6O5S. The number of nitriles is 2. The van der Waals surface area contributed by atoms with E-state index in [1.54, 1.807) is 30.3 Å². The highest BCUT2D eigenvalue weighted by Crippen LogP contribution is 2.39. The smallest absolute Gasteiger partial charge is 0.357 e. The van der Waals surface area contributed by atoms with Crippen molar-refractivity contribution in [1.29, 1.82) is 10.5 Å². The summed E-state index contributed by atoms with van der Waals surface area (Å²) in [6.45, 7) is 0. The summed E-state index contributed by atoms with van der Waals surface area (Å²) < 4.78 is 0.588. The third kappa shape index (κ3) is 3.40. The number of aromatic nitrogens is 1. The van der Waals surface area contributed by atoms with Crippen LogP contribution in [0.5, 0.6) is 0 Å². The van der Waals surface area contributed by atoms with Gasteiger partial charge < -0.3 is 15.8 Å². The average Bonchev–Trinajstić information content (AvgIpc) is 3.13. The summed E-state index contributed by atoms with van der Waals surface area (Å²) in [4.78, 5) is 35.1. The van der Waals surface area contributed by atoms with Crippen LogP contribution in [0.3, 0.4) is 0 Å². The van der Waals surface area contributed by atoms with Gasteiger partial charge in [0.2, 0.25) is 4.66 Å². The Morgan fingerprint density at radius 3 is 2.26 bits per heavy atom. The summed E-state index contributed by atoms with van der Waals surface area (Å²) in [7, 11) is 0. The van der Waals surface area contributed by atoms with Gasteiger partial charge >= 0.3 is 11.4 Å². The molecular weight excluding hydrogens is 460 g/mol. The number of nitro benzene ring substituents is 1. The molecule has 2 heterocycles. The molecule has 34 heavy (non-hydrogen) atoms. The number of nitrogens with zero attached hydrogens (tertiary/aromatic N) is 5. The molecule has 1 atom stereocenters. The Labute approximate surface area is 194 Å². The number of rotatable bonds is 4. The van der Waals surface area contributed by atoms with Crippen LogP contribution in [0.4, 0.5) is 11.4 Å². The first-order valence-corrected chi connectivity index (χ1v) is 10.4. The molecule has 0 bridgehead atoms. The van der Waals surface area contributed by atoms with Crippen molar-refractivity contribution in [2.24, 2.45) is 0 Å². The predicted octanol–water partition coefficient (Wildman–Crippen LogP) is 1.67. The molecule has 0 radical (unpaired) electrons. The van der Waals surface area contributed by atoms with Crippen LogP contribution in [0.15, 0.2) is 58.9 Å². The van der Waals surface area contributed by atoms with Crippen LogP contribution in [0.1, 0.15) is 17.0 Å². The standard InChI is InChI=1S/C22H12N6O5S/c23-10-14-19(13-6-2-3-7-16(13)25)15(11-24)22-26(20(14)28(32)33)21(29)18(34-22)9-12-5-1-4-8-17(12)27(30)31/h1-9,19H,25H2. The minimum absolute atomic E-state index is 0.0451. The van der Waals surface area contributed by atoms with E-state index in [4.69, 9.17) is 5.73 Å². The molecule has 166 valence electrons. The van der Waals surface area contributed by atoms with Crippen LogP contribution in [-0.2, 0) is 0 Å². The number of nitrogen functional groups attached to an aromatic ring is 1. The van der Waals surface area contributed by atoms with Crippen molar-refractivity contribution in [1.82, 2.24) is 4.57 Å². The van der Waals surface area contributed by atoms with E-state index in [0.717, 1.165) is 11.3 Å². The van der Waals surface area contributed by atoms with Gasteiger partial charge in [0.25, 0.3) is 5.69 Å². The monoisotopic (exact) mass is 472 g/mol. The van der Waals surface area contributed by atoms with E-state index in [9.17, 15) is 35.5 Å². The van der Waals surface area contributed by atoms with E-state index >= 15 is 0 Å². The largest absolute Gasteiger partial charge is 0.398 e. The van der Waals surface area contributed by atoms with Gasteiger partial charge in [0.05, 0.1) is 16.4 Å². The SMILES string of the molecule is N#CC1=C([N+](=O)[O-])n2c(sc(=Cc3ccccc3[N+](=O)[O-])c2=O)=C(C#N)C1c1ccccc1N. The molecule has 1 aliphatic heterocycles. The number of fused-ring (bicyclic) bond motifs is 1. The number of hydrogen-bond acceptors (Lipinski definition) is 9. The molecule has 12 heteroatoms. The fraction of sp³-hybridized carbons (Fsp3) is 0.0455. The zero-order valence-electron chi connectivity index (χ0n) is 17.0. The quantitative estimate of drug-likeness (QED) is 0.338. The van der Waals surface area contributed by atoms with Crippen LogP contribution < -0.4 is 20.5 Å². The van der Waals surface area contributed by atoms with Gasteiger partial charge in [-0.05, 0) is 28.7 Å². The van der Waals surface area contributed by atoms with E-state index in [0.29, 0.717) is 10.1 Å². The zero-order valence-corrected chi connectivity index (χ0v) is 17.9. The van der Waals surface area contributed by atoms with Crippen molar-refractivity contribution >= 4 is 40.2 Å². The lowest BCUT2D eigenvalue weighted by molar-refractivity contribution is -0.385. The maximum Gasteiger partial charge on any atom is 0.357 e. The minimum Gasteiger partial charge on any atom is -0.398 e. The molecule has 3 aromatic rings. The van der Waals surface area contributed by atoms with Gasteiger partial charge in [0.15, 0.2) is 0 Å². The fourth-order valence-corrected chi connectivity index (χ4v) is 4.89. The topological polar surface area (TPSA) is 182 Å². The molecule has 2 aromatic carbocycles. The number of para-hydroxylation sites is 2. The van der Waals surface area contributed by atoms with Crippen molar-refractivity contribution in [2.45, 2.75) is 5.92 Å². The second-order valence-corrected chi connectivity index (χ2v) is 8.10. The van der Waals surface area contributed by atoms with Crippen molar-refractivity contribution in [3.8, 4) is 12.1 Å². The molecule has 0 spiro atoms. The van der Waals surface area contributed by atoms with Gasteiger partial charge in [-0.25, -0.2) is 4.79 Å². The molecule has 0 fully saturated rings. The van der Waals surface area contributed by atoms with Crippen molar-refractivity contribution in [3.63, 3.8) is 0 Å². The maximum absolute atomic E-state index is 13.2. The summed E-state index contributed by atoms with van der Waals surface area (Å²) in [5.74, 6) is -1.94. The highest BCUT2D eigenvalue weighted by atomic mass is 32.1. The molecule has 1 aromatic heterocycles. The molecule has 0 amide bonds. The highest BCUT2D eigenvalue weighted by Gasteiger charge is 2.40. The lowest BCUT2D eigenvalue weighted by Gasteiger charge is -2.20. The molecule has 11 nitrogen and oxygen atoms in total. The lowest BCUT2D eigenvalue weighted by Crippen LogP contribution is -2.38. The predicted molar refractivity (Wildman–Crippen MR) is 123 cm³/mol. The van der Waals surface area contributed by atoms with E-state index < -0.39 is 32.7 Å². The Balaban J connectivity index is 2.16. The Hall–Kier alpha value is -5.07. The number of nitro groups is 2. The second kappa shape index (κ2) is 8.46. The van der Waals surface area contributed by atoms with Crippen LogP contribution in [0.25, 0.3) is 17.5 Å². The summed E-state index contributed by atoms with van der Waals surface area (Å²) in [6.07, 6.45) is 1.24. The second-order valence-electron chi connectivity index (χ2n) is 7.07. The number of nitrogens with two attached hydrogens (primary N) is 1. The first-order chi connectivity index (χ1) is 16.3. The molecule has 4 rings (SSSR count). The summed E-state index contributed by atoms with van der Waals surface area (Å²) >= 11 is 0.772. The van der Waals surface area contributed by atoms with Gasteiger partial charge in [0.1, 0.15) is 27.8 Å². The van der Waals surface area contributed by atoms with Crippen molar-refractivity contribution < 1.29 is 9.85 Å². The molecule has 1 aliphatic rings. The van der Waals surface area contributed by atoms with Crippen LogP contribution in [0, 0.1) is 42.9 Å². The zero-order chi connectivity index (χ0) is 24.6. The van der Waals surface area contributed by atoms with E-state index in [1.165, 1.54) is 30.3 Å². The number of hydrogen-bond donors (Lipinski definition) is 1. The van der Waals surface area contributed by atoms with Gasteiger partial charge in [-0.1, -0.05) is 41.7 Å². The summed E-state index contributed by atoms with van der Waals surface area (Å²) in [5, 5.41) is 43.2. The highest BCUT2D eigenvalue weighted by molar-refractivity contribution is 7.07. The van der Waals surface area contributed by atoms with Crippen LogP contribution >= 0.6 is 11.3 Å². The third-order valence-electron chi connectivity index (χ3n) is 5.22. The van der Waals surface area contributed by atoms with Gasteiger partial charge in [-0.15, -0.1) is 4.57 Å². The first-order valence-electron chi connectivity index (χ1n) is 9.54. The molecule has 1 unspecified atom stereocenters. The Bertz CT molecular complexity index is 1690. The number of anilines is 1. The normalized spacial score (nSPS) is 15.4. The van der Waals surface area contributed by atoms with Gasteiger partial charge in [-0.2, -0.15) is 10.5 Å². The molecule has 0 saturated heterocycles. The first kappa shape index (κ1) is 22.1. The average molecular weight is 472 g/mol. The minimum atomic E-state index is -1.16. The Morgan fingerprint density at radius 1 is 1.00 bits per heavy atom. The fourth-order valence-electron chi connectivity index (χ4n) is 3.78. The Kier molecular flexibility index (Phi) is 5.51. The number of allylic oxidation sites excluding steroid dienone is 1.